The van der Waals surface area contributed by atoms with Gasteiger partial charge in [0.25, 0.3) is 0 Å². The summed E-state index contributed by atoms with van der Waals surface area (Å²) in [6.07, 6.45) is 3.35. The van der Waals surface area contributed by atoms with Crippen molar-refractivity contribution in [3.05, 3.63) is 66.4 Å². The average molecular weight is 336 g/mol. The van der Waals surface area contributed by atoms with Crippen LogP contribution in [-0.2, 0) is 9.53 Å². The highest BCUT2D eigenvalue weighted by Gasteiger charge is 2.08. The van der Waals surface area contributed by atoms with Crippen LogP contribution in [0.3, 0.4) is 0 Å². The number of aromatic amines is 1. The number of methoxy groups -OCH3 is 1. The fraction of sp³-hybridized carbons (Fsp3) is 0.150. The van der Waals surface area contributed by atoms with Crippen molar-refractivity contribution in [1.82, 2.24) is 4.98 Å². The van der Waals surface area contributed by atoms with Crippen molar-refractivity contribution in [2.45, 2.75) is 6.92 Å². The quantitative estimate of drug-likeness (QED) is 0.523. The van der Waals surface area contributed by atoms with E-state index in [-0.39, 0.29) is 0 Å². The molecule has 0 amide bonds. The van der Waals surface area contributed by atoms with Crippen molar-refractivity contribution in [3.8, 4) is 5.75 Å². The monoisotopic (exact) mass is 336 g/mol. The molecule has 0 bridgehead atoms. The average Bonchev–Trinajstić information content (AvgIpc) is 3.09. The Balaban J connectivity index is 1.96. The van der Waals surface area contributed by atoms with E-state index in [4.69, 9.17) is 9.47 Å². The van der Waals surface area contributed by atoms with Gasteiger partial charge in [-0.1, -0.05) is 12.1 Å². The first kappa shape index (κ1) is 16.6. The van der Waals surface area contributed by atoms with Gasteiger partial charge in [-0.25, -0.2) is 4.79 Å². The fourth-order valence-corrected chi connectivity index (χ4v) is 2.57. The molecule has 1 heterocycles. The van der Waals surface area contributed by atoms with Gasteiger partial charge in [0.05, 0.1) is 19.4 Å². The minimum absolute atomic E-state index is 0.329. The number of rotatable bonds is 6. The molecule has 0 radical (unpaired) electrons. The lowest BCUT2D eigenvalue weighted by Crippen LogP contribution is -2.06. The number of hydrogen-bond acceptors (Lipinski definition) is 4. The summed E-state index contributed by atoms with van der Waals surface area (Å²) >= 11 is 0. The zero-order valence-corrected chi connectivity index (χ0v) is 14.2. The zero-order chi connectivity index (χ0) is 17.6. The molecule has 0 saturated carbocycles. The lowest BCUT2D eigenvalue weighted by atomic mass is 10.1. The van der Waals surface area contributed by atoms with Crippen LogP contribution in [0.5, 0.6) is 5.75 Å². The second-order valence-electron chi connectivity index (χ2n) is 5.45. The number of aromatic nitrogens is 1. The Morgan fingerprint density at radius 1 is 1.20 bits per heavy atom. The van der Waals surface area contributed by atoms with Gasteiger partial charge in [0, 0.05) is 34.4 Å². The molecule has 0 aliphatic heterocycles. The van der Waals surface area contributed by atoms with Gasteiger partial charge in [-0.15, -0.1) is 0 Å². The van der Waals surface area contributed by atoms with E-state index in [0.29, 0.717) is 12.3 Å². The van der Waals surface area contributed by atoms with Gasteiger partial charge in [0.2, 0.25) is 0 Å². The number of H-pyrrole nitrogens is 1. The second kappa shape index (κ2) is 7.57. The number of anilines is 1. The number of carbonyl (C=O) groups is 1. The van der Waals surface area contributed by atoms with Gasteiger partial charge in [0.15, 0.2) is 0 Å². The van der Waals surface area contributed by atoms with Crippen molar-refractivity contribution < 1.29 is 14.3 Å². The molecule has 2 aromatic carbocycles. The predicted octanol–water partition coefficient (Wildman–Crippen LogP) is 4.19. The van der Waals surface area contributed by atoms with Crippen LogP contribution < -0.4 is 10.1 Å². The van der Waals surface area contributed by atoms with Gasteiger partial charge in [0.1, 0.15) is 5.75 Å². The van der Waals surface area contributed by atoms with E-state index in [1.165, 1.54) is 6.08 Å². The van der Waals surface area contributed by atoms with Crippen LogP contribution in [0.25, 0.3) is 16.6 Å². The Labute approximate surface area is 146 Å². The van der Waals surface area contributed by atoms with Crippen molar-refractivity contribution in [1.29, 1.82) is 0 Å². The normalized spacial score (nSPS) is 11.4. The van der Waals surface area contributed by atoms with Crippen molar-refractivity contribution in [3.63, 3.8) is 0 Å². The molecule has 0 saturated heterocycles. The second-order valence-corrected chi connectivity index (χ2v) is 5.45. The van der Waals surface area contributed by atoms with Gasteiger partial charge >= 0.3 is 5.97 Å². The molecule has 5 nitrogen and oxygen atoms in total. The minimum atomic E-state index is -0.393. The summed E-state index contributed by atoms with van der Waals surface area (Å²) in [6, 6.07) is 15.5. The van der Waals surface area contributed by atoms with Gasteiger partial charge in [-0.2, -0.15) is 0 Å². The van der Waals surface area contributed by atoms with E-state index in [0.717, 1.165) is 27.9 Å². The highest BCUT2D eigenvalue weighted by atomic mass is 16.5. The Morgan fingerprint density at radius 2 is 2.08 bits per heavy atom. The molecule has 128 valence electrons. The largest absolute Gasteiger partial charge is 0.497 e. The number of nitrogens with one attached hydrogen (secondary N) is 2. The van der Waals surface area contributed by atoms with E-state index in [9.17, 15) is 4.79 Å². The Kier molecular flexibility index (Phi) is 5.04. The third kappa shape index (κ3) is 4.01. The lowest BCUT2D eigenvalue weighted by Gasteiger charge is -2.13. The molecular formula is C20H20N2O3. The van der Waals surface area contributed by atoms with E-state index < -0.39 is 5.97 Å². The molecule has 5 heteroatoms. The molecule has 0 fully saturated rings. The fourth-order valence-electron chi connectivity index (χ4n) is 2.57. The molecule has 0 aliphatic rings. The summed E-state index contributed by atoms with van der Waals surface area (Å²) < 4.78 is 10.3. The third-order valence-electron chi connectivity index (χ3n) is 3.76. The molecule has 2 N–H and O–H groups in total. The summed E-state index contributed by atoms with van der Waals surface area (Å²) in [5, 5.41) is 4.40. The maximum atomic E-state index is 12.0. The van der Waals surface area contributed by atoms with E-state index in [2.05, 4.69) is 10.3 Å². The van der Waals surface area contributed by atoms with Crippen LogP contribution >= 0.6 is 0 Å². The predicted molar refractivity (Wildman–Crippen MR) is 99.5 cm³/mol. The molecule has 0 unspecified atom stereocenters. The third-order valence-corrected chi connectivity index (χ3v) is 3.76. The van der Waals surface area contributed by atoms with Crippen LogP contribution in [0.1, 0.15) is 12.5 Å². The Hall–Kier alpha value is -3.21. The van der Waals surface area contributed by atoms with Gasteiger partial charge in [-0.05, 0) is 43.3 Å². The van der Waals surface area contributed by atoms with Crippen molar-refractivity contribution in [2.75, 3.05) is 19.0 Å². The van der Waals surface area contributed by atoms with Crippen LogP contribution in [-0.4, -0.2) is 24.7 Å². The molecule has 0 aliphatic carbocycles. The maximum absolute atomic E-state index is 12.0. The SMILES string of the molecule is CCOC(=O)/C=C(/Nc1ccc2[nH]ccc2c1)c1cccc(OC)c1. The van der Waals surface area contributed by atoms with Crippen molar-refractivity contribution >= 4 is 28.3 Å². The highest BCUT2D eigenvalue weighted by Crippen LogP contribution is 2.25. The van der Waals surface area contributed by atoms with Crippen LogP contribution in [0.2, 0.25) is 0 Å². The first-order valence-electron chi connectivity index (χ1n) is 8.06. The molecule has 3 aromatic rings. The Bertz CT molecular complexity index is 912. The molecule has 0 spiro atoms. The van der Waals surface area contributed by atoms with E-state index in [1.54, 1.807) is 14.0 Å². The van der Waals surface area contributed by atoms with Crippen LogP contribution in [0.15, 0.2) is 60.8 Å². The number of esters is 1. The van der Waals surface area contributed by atoms with Crippen LogP contribution in [0.4, 0.5) is 5.69 Å². The zero-order valence-electron chi connectivity index (χ0n) is 14.2. The first-order valence-corrected chi connectivity index (χ1v) is 8.06. The maximum Gasteiger partial charge on any atom is 0.332 e. The lowest BCUT2D eigenvalue weighted by molar-refractivity contribution is -0.137. The molecule has 25 heavy (non-hydrogen) atoms. The number of carbonyl (C=O) groups excluding carboxylic acids is 1. The van der Waals surface area contributed by atoms with Crippen molar-refractivity contribution in [2.24, 2.45) is 0 Å². The van der Waals surface area contributed by atoms with Gasteiger partial charge < -0.3 is 19.8 Å². The molecule has 3 rings (SSSR count). The summed E-state index contributed by atoms with van der Waals surface area (Å²) in [4.78, 5) is 15.1. The number of hydrogen-bond donors (Lipinski definition) is 2. The summed E-state index contributed by atoms with van der Waals surface area (Å²) in [5.74, 6) is 0.325. The first-order chi connectivity index (χ1) is 12.2. The highest BCUT2D eigenvalue weighted by molar-refractivity contribution is 5.95. The van der Waals surface area contributed by atoms with E-state index in [1.807, 2.05) is 54.7 Å². The minimum Gasteiger partial charge on any atom is -0.497 e. The molecule has 1 aromatic heterocycles. The van der Waals surface area contributed by atoms with Crippen LogP contribution in [0, 0.1) is 0 Å². The summed E-state index contributed by atoms with van der Waals surface area (Å²) in [6.45, 7) is 2.11. The smallest absolute Gasteiger partial charge is 0.332 e. The molecule has 0 atom stereocenters. The number of fused-ring (bicyclic) bond motifs is 1. The summed E-state index contributed by atoms with van der Waals surface area (Å²) in [7, 11) is 1.61. The number of benzene rings is 2. The standard InChI is InChI=1S/C20H20N2O3/c1-3-25-20(23)13-19(14-5-4-6-17(12-14)24-2)22-16-7-8-18-15(11-16)9-10-21-18/h4-13,21-22H,3H2,1-2H3/b19-13+. The number of ether oxygens (including phenoxy) is 2. The van der Waals surface area contributed by atoms with Gasteiger partial charge in [-0.3, -0.25) is 0 Å². The molecular weight excluding hydrogens is 316 g/mol. The van der Waals surface area contributed by atoms with E-state index >= 15 is 0 Å². The topological polar surface area (TPSA) is 63.3 Å². The summed E-state index contributed by atoms with van der Waals surface area (Å²) in [5.41, 5.74) is 3.42. The Morgan fingerprint density at radius 3 is 2.88 bits per heavy atom.